The van der Waals surface area contributed by atoms with Crippen molar-refractivity contribution in [2.45, 2.75) is 27.7 Å². The van der Waals surface area contributed by atoms with Crippen molar-refractivity contribution in [1.29, 1.82) is 0 Å². The number of ether oxygens (including phenoxy) is 2. The van der Waals surface area contributed by atoms with Gasteiger partial charge in [-0.15, -0.1) is 0 Å². The van der Waals surface area contributed by atoms with E-state index in [1.807, 2.05) is 27.7 Å². The number of esters is 2. The first-order valence-corrected chi connectivity index (χ1v) is 5.29. The van der Waals surface area contributed by atoms with Crippen LogP contribution >= 0.6 is 0 Å². The molecule has 0 aromatic heterocycles. The standard InChI is InChI=1S/C8H10O4.2C2H6/c1-3-7(9)11-5-6-12-8(10)4-2;2*1-2/h3-4H,1-2,5-6H2;2*1-2H3. The van der Waals surface area contributed by atoms with Crippen LogP contribution in [-0.2, 0) is 19.1 Å². The molecule has 0 radical (unpaired) electrons. The maximum atomic E-state index is 10.4. The molecule has 0 aromatic carbocycles. The van der Waals surface area contributed by atoms with Crippen LogP contribution in [0.4, 0.5) is 0 Å². The molecule has 4 heteroatoms. The summed E-state index contributed by atoms with van der Waals surface area (Å²) in [6.07, 6.45) is 2.07. The van der Waals surface area contributed by atoms with Gasteiger partial charge < -0.3 is 9.47 Å². The number of carbonyl (C=O) groups excluding carboxylic acids is 2. The topological polar surface area (TPSA) is 52.6 Å². The molecule has 0 N–H and O–H groups in total. The van der Waals surface area contributed by atoms with E-state index in [1.54, 1.807) is 0 Å². The van der Waals surface area contributed by atoms with Gasteiger partial charge in [0.05, 0.1) is 0 Å². The van der Waals surface area contributed by atoms with E-state index in [1.165, 1.54) is 0 Å². The van der Waals surface area contributed by atoms with Crippen molar-refractivity contribution in [2.75, 3.05) is 13.2 Å². The van der Waals surface area contributed by atoms with Crippen molar-refractivity contribution in [3.63, 3.8) is 0 Å². The van der Waals surface area contributed by atoms with E-state index >= 15 is 0 Å². The van der Waals surface area contributed by atoms with Gasteiger partial charge in [-0.1, -0.05) is 40.9 Å². The molecular weight excluding hydrogens is 208 g/mol. The van der Waals surface area contributed by atoms with Crippen molar-refractivity contribution in [3.05, 3.63) is 25.3 Å². The fourth-order valence-corrected chi connectivity index (χ4v) is 0.402. The van der Waals surface area contributed by atoms with Gasteiger partial charge in [-0.05, 0) is 0 Å². The van der Waals surface area contributed by atoms with E-state index in [4.69, 9.17) is 0 Å². The Kier molecular flexibility index (Phi) is 23.7. The highest BCUT2D eigenvalue weighted by Crippen LogP contribution is 1.82. The Morgan fingerprint density at radius 2 is 1.12 bits per heavy atom. The monoisotopic (exact) mass is 230 g/mol. The van der Waals surface area contributed by atoms with Gasteiger partial charge in [-0.3, -0.25) is 0 Å². The molecule has 0 spiro atoms. The number of hydrogen-bond acceptors (Lipinski definition) is 4. The lowest BCUT2D eigenvalue weighted by Gasteiger charge is -2.01. The van der Waals surface area contributed by atoms with Crippen LogP contribution in [0.1, 0.15) is 27.7 Å². The molecule has 0 heterocycles. The van der Waals surface area contributed by atoms with Crippen LogP contribution < -0.4 is 0 Å². The highest BCUT2D eigenvalue weighted by Gasteiger charge is 1.97. The lowest BCUT2D eigenvalue weighted by molar-refractivity contribution is -0.146. The van der Waals surface area contributed by atoms with Gasteiger partial charge in [0.1, 0.15) is 13.2 Å². The highest BCUT2D eigenvalue weighted by molar-refractivity contribution is 5.81. The van der Waals surface area contributed by atoms with Crippen molar-refractivity contribution >= 4 is 11.9 Å². The molecule has 0 saturated carbocycles. The molecule has 16 heavy (non-hydrogen) atoms. The third kappa shape index (κ3) is 18.3. The second-order valence-electron chi connectivity index (χ2n) is 1.74. The minimum absolute atomic E-state index is 0.0322. The second-order valence-corrected chi connectivity index (χ2v) is 1.74. The highest BCUT2D eigenvalue weighted by atomic mass is 16.6. The summed E-state index contributed by atoms with van der Waals surface area (Å²) < 4.78 is 9.04. The quantitative estimate of drug-likeness (QED) is 0.413. The molecule has 0 rings (SSSR count). The summed E-state index contributed by atoms with van der Waals surface area (Å²) in [7, 11) is 0. The van der Waals surface area contributed by atoms with Crippen LogP contribution in [0.5, 0.6) is 0 Å². The fourth-order valence-electron chi connectivity index (χ4n) is 0.402. The summed E-state index contributed by atoms with van der Waals surface area (Å²) in [4.78, 5) is 20.9. The Bertz CT molecular complexity index is 175. The predicted molar refractivity (Wildman–Crippen MR) is 65.0 cm³/mol. The zero-order valence-corrected chi connectivity index (χ0v) is 10.6. The lowest BCUT2D eigenvalue weighted by Crippen LogP contribution is -2.10. The number of carbonyl (C=O) groups is 2. The summed E-state index contributed by atoms with van der Waals surface area (Å²) in [6, 6.07) is 0. The Labute approximate surface area is 97.9 Å². The van der Waals surface area contributed by atoms with Crippen molar-refractivity contribution in [2.24, 2.45) is 0 Å². The Morgan fingerprint density at radius 1 is 0.875 bits per heavy atom. The maximum absolute atomic E-state index is 10.4. The predicted octanol–water partition coefficient (Wildman–Crippen LogP) is 2.50. The molecule has 0 aromatic rings. The maximum Gasteiger partial charge on any atom is 0.330 e. The molecule has 0 aliphatic carbocycles. The first-order valence-electron chi connectivity index (χ1n) is 5.29. The van der Waals surface area contributed by atoms with Crippen molar-refractivity contribution < 1.29 is 19.1 Å². The van der Waals surface area contributed by atoms with Gasteiger partial charge in [-0.2, -0.15) is 0 Å². The van der Waals surface area contributed by atoms with E-state index in [2.05, 4.69) is 22.6 Å². The fraction of sp³-hybridized carbons (Fsp3) is 0.500. The molecule has 0 unspecified atom stereocenters. The number of hydrogen-bond donors (Lipinski definition) is 0. The van der Waals surface area contributed by atoms with Gasteiger partial charge in [0, 0.05) is 12.2 Å². The second kappa shape index (κ2) is 19.1. The molecule has 0 atom stereocenters. The van der Waals surface area contributed by atoms with Crippen LogP contribution in [0.3, 0.4) is 0 Å². The van der Waals surface area contributed by atoms with Crippen LogP contribution in [0.25, 0.3) is 0 Å². The average molecular weight is 230 g/mol. The van der Waals surface area contributed by atoms with Gasteiger partial charge in [0.25, 0.3) is 0 Å². The smallest absolute Gasteiger partial charge is 0.330 e. The third-order valence-electron chi connectivity index (χ3n) is 0.905. The minimum Gasteiger partial charge on any atom is -0.459 e. The zero-order chi connectivity index (χ0) is 13.4. The molecular formula is C12H22O4. The van der Waals surface area contributed by atoms with E-state index in [0.717, 1.165) is 12.2 Å². The van der Waals surface area contributed by atoms with Crippen molar-refractivity contribution in [3.8, 4) is 0 Å². The van der Waals surface area contributed by atoms with Gasteiger partial charge in [-0.25, -0.2) is 9.59 Å². The van der Waals surface area contributed by atoms with Crippen LogP contribution in [-0.4, -0.2) is 25.2 Å². The van der Waals surface area contributed by atoms with Crippen molar-refractivity contribution in [1.82, 2.24) is 0 Å². The zero-order valence-electron chi connectivity index (χ0n) is 10.6. The van der Waals surface area contributed by atoms with Gasteiger partial charge in [0.15, 0.2) is 0 Å². The van der Waals surface area contributed by atoms with Gasteiger partial charge in [0.2, 0.25) is 0 Å². The van der Waals surface area contributed by atoms with E-state index < -0.39 is 11.9 Å². The average Bonchev–Trinajstić information content (AvgIpc) is 2.38. The molecule has 0 fully saturated rings. The summed E-state index contributed by atoms with van der Waals surface area (Å²) in [6.45, 7) is 14.4. The van der Waals surface area contributed by atoms with Gasteiger partial charge >= 0.3 is 11.9 Å². The molecule has 0 bridgehead atoms. The summed E-state index contributed by atoms with van der Waals surface area (Å²) in [5.74, 6) is -1.07. The summed E-state index contributed by atoms with van der Waals surface area (Å²) in [5, 5.41) is 0. The molecule has 94 valence electrons. The first kappa shape index (κ1) is 19.9. The van der Waals surface area contributed by atoms with E-state index in [9.17, 15) is 9.59 Å². The van der Waals surface area contributed by atoms with Crippen LogP contribution in [0.2, 0.25) is 0 Å². The number of rotatable bonds is 5. The molecule has 0 saturated heterocycles. The molecule has 0 aliphatic rings. The van der Waals surface area contributed by atoms with Crippen LogP contribution in [0.15, 0.2) is 25.3 Å². The largest absolute Gasteiger partial charge is 0.459 e. The summed E-state index contributed by atoms with van der Waals surface area (Å²) >= 11 is 0. The van der Waals surface area contributed by atoms with E-state index in [-0.39, 0.29) is 13.2 Å². The molecule has 4 nitrogen and oxygen atoms in total. The minimum atomic E-state index is -0.537. The normalized spacial score (nSPS) is 7.00. The Morgan fingerprint density at radius 3 is 1.31 bits per heavy atom. The first-order chi connectivity index (χ1) is 7.70. The molecule has 0 aliphatic heterocycles. The SMILES string of the molecule is C=CC(=O)OCCOC(=O)C=C.CC.CC. The lowest BCUT2D eigenvalue weighted by atomic mass is 10.6. The Hall–Kier alpha value is -1.58. The summed E-state index contributed by atoms with van der Waals surface area (Å²) in [5.41, 5.74) is 0. The molecule has 0 amide bonds. The third-order valence-corrected chi connectivity index (χ3v) is 0.905. The Balaban J connectivity index is -0.000000376. The van der Waals surface area contributed by atoms with Crippen LogP contribution in [0, 0.1) is 0 Å². The van der Waals surface area contributed by atoms with E-state index in [0.29, 0.717) is 0 Å².